The Kier molecular flexibility index (Phi) is 5.70. The summed E-state index contributed by atoms with van der Waals surface area (Å²) in [6.07, 6.45) is 3.84. The minimum atomic E-state index is -0.206. The van der Waals surface area contributed by atoms with Crippen molar-refractivity contribution in [3.63, 3.8) is 0 Å². The molecule has 0 spiro atoms. The van der Waals surface area contributed by atoms with Crippen molar-refractivity contribution in [1.29, 1.82) is 0 Å². The van der Waals surface area contributed by atoms with Gasteiger partial charge in [0.15, 0.2) is 0 Å². The fourth-order valence-electron chi connectivity index (χ4n) is 2.71. The van der Waals surface area contributed by atoms with Gasteiger partial charge in [0.25, 0.3) is 5.91 Å². The number of H-pyrrole nitrogens is 1. The van der Waals surface area contributed by atoms with E-state index in [-0.39, 0.29) is 11.9 Å². The molecule has 0 radical (unpaired) electrons. The number of nitrogens with zero attached hydrogens (tertiary/aromatic N) is 2. The molecule has 0 bridgehead atoms. The van der Waals surface area contributed by atoms with E-state index >= 15 is 0 Å². The summed E-state index contributed by atoms with van der Waals surface area (Å²) in [4.78, 5) is 12.2. The van der Waals surface area contributed by atoms with Crippen LogP contribution in [0, 0.1) is 6.92 Å². The van der Waals surface area contributed by atoms with Gasteiger partial charge in [-0.15, -0.1) is 5.10 Å². The van der Waals surface area contributed by atoms with E-state index in [2.05, 4.69) is 27.6 Å². The molecule has 136 valence electrons. The highest BCUT2D eigenvalue weighted by atomic mass is 16.5. The predicted octanol–water partition coefficient (Wildman–Crippen LogP) is 2.15. The predicted molar refractivity (Wildman–Crippen MR) is 89.5 cm³/mol. The standard InChI is InChI=1S/C17H24N4O4/c1-3-4-5-14-13(11(2)25-21-14)10-24-16-8-15(19-20-16)17(22)18-12-6-7-23-9-12/h8,12H,3-7,9-10H2,1-2H3,(H,18,22)(H,19,20)/t12-/m0/s1. The van der Waals surface area contributed by atoms with Crippen molar-refractivity contribution >= 4 is 5.91 Å². The second-order valence-corrected chi connectivity index (χ2v) is 6.21. The first-order chi connectivity index (χ1) is 12.2. The molecule has 0 aromatic carbocycles. The van der Waals surface area contributed by atoms with Gasteiger partial charge in [0.05, 0.1) is 23.9 Å². The normalized spacial score (nSPS) is 17.0. The summed E-state index contributed by atoms with van der Waals surface area (Å²) in [5, 5.41) is 13.7. The van der Waals surface area contributed by atoms with Gasteiger partial charge in [-0.2, -0.15) is 0 Å². The Labute approximate surface area is 146 Å². The van der Waals surface area contributed by atoms with Crippen LogP contribution < -0.4 is 10.1 Å². The molecule has 3 rings (SSSR count). The van der Waals surface area contributed by atoms with E-state index < -0.39 is 0 Å². The first-order valence-electron chi connectivity index (χ1n) is 8.68. The average Bonchev–Trinajstić information content (AvgIpc) is 3.33. The Morgan fingerprint density at radius 3 is 3.16 bits per heavy atom. The molecular weight excluding hydrogens is 324 g/mol. The van der Waals surface area contributed by atoms with E-state index in [4.69, 9.17) is 14.0 Å². The van der Waals surface area contributed by atoms with Crippen LogP contribution in [0.4, 0.5) is 0 Å². The molecule has 2 aromatic heterocycles. The maximum atomic E-state index is 12.2. The lowest BCUT2D eigenvalue weighted by Gasteiger charge is -2.08. The first-order valence-corrected chi connectivity index (χ1v) is 8.68. The van der Waals surface area contributed by atoms with Gasteiger partial charge < -0.3 is 19.3 Å². The number of aryl methyl sites for hydroxylation is 2. The van der Waals surface area contributed by atoms with Crippen LogP contribution in [0.15, 0.2) is 10.6 Å². The van der Waals surface area contributed by atoms with Crippen molar-refractivity contribution in [3.8, 4) is 5.88 Å². The Morgan fingerprint density at radius 1 is 1.52 bits per heavy atom. The number of unbranched alkanes of at least 4 members (excludes halogenated alkanes) is 1. The van der Waals surface area contributed by atoms with E-state index in [1.807, 2.05) is 6.92 Å². The molecular formula is C17H24N4O4. The Hall–Kier alpha value is -2.35. The number of aromatic nitrogens is 3. The second-order valence-electron chi connectivity index (χ2n) is 6.21. The third kappa shape index (κ3) is 4.39. The quantitative estimate of drug-likeness (QED) is 0.758. The maximum absolute atomic E-state index is 12.2. The van der Waals surface area contributed by atoms with Crippen LogP contribution in [0.3, 0.4) is 0 Å². The molecule has 25 heavy (non-hydrogen) atoms. The summed E-state index contributed by atoms with van der Waals surface area (Å²) in [5.74, 6) is 0.915. The van der Waals surface area contributed by atoms with Gasteiger partial charge in [0, 0.05) is 12.7 Å². The van der Waals surface area contributed by atoms with Gasteiger partial charge in [0.1, 0.15) is 18.1 Å². The highest BCUT2D eigenvalue weighted by Crippen LogP contribution is 2.19. The van der Waals surface area contributed by atoms with Crippen molar-refractivity contribution in [2.45, 2.75) is 52.2 Å². The van der Waals surface area contributed by atoms with E-state index in [1.54, 1.807) is 6.07 Å². The second kappa shape index (κ2) is 8.15. The monoisotopic (exact) mass is 348 g/mol. The lowest BCUT2D eigenvalue weighted by atomic mass is 10.1. The number of hydrogen-bond acceptors (Lipinski definition) is 6. The molecule has 8 nitrogen and oxygen atoms in total. The zero-order chi connectivity index (χ0) is 17.6. The number of amides is 1. The SMILES string of the molecule is CCCCc1noc(C)c1COc1cc(C(=O)N[C@H]2CCOC2)[nH]n1. The minimum absolute atomic E-state index is 0.0564. The van der Waals surface area contributed by atoms with Crippen LogP contribution in [-0.4, -0.2) is 40.5 Å². The number of carbonyl (C=O) groups excluding carboxylic acids is 1. The average molecular weight is 348 g/mol. The van der Waals surface area contributed by atoms with E-state index in [0.29, 0.717) is 31.4 Å². The number of hydrogen-bond donors (Lipinski definition) is 2. The van der Waals surface area contributed by atoms with Crippen molar-refractivity contribution in [2.24, 2.45) is 0 Å². The fourth-order valence-corrected chi connectivity index (χ4v) is 2.71. The van der Waals surface area contributed by atoms with Crippen LogP contribution >= 0.6 is 0 Å². The highest BCUT2D eigenvalue weighted by molar-refractivity contribution is 5.92. The van der Waals surface area contributed by atoms with Crippen molar-refractivity contribution < 1.29 is 18.8 Å². The lowest BCUT2D eigenvalue weighted by molar-refractivity contribution is 0.0925. The van der Waals surface area contributed by atoms with Crippen LogP contribution in [-0.2, 0) is 17.8 Å². The number of nitrogens with one attached hydrogen (secondary N) is 2. The molecule has 0 aliphatic carbocycles. The molecule has 1 fully saturated rings. The molecule has 0 saturated carbocycles. The smallest absolute Gasteiger partial charge is 0.269 e. The largest absolute Gasteiger partial charge is 0.472 e. The van der Waals surface area contributed by atoms with E-state index in [9.17, 15) is 4.79 Å². The Morgan fingerprint density at radius 2 is 2.40 bits per heavy atom. The maximum Gasteiger partial charge on any atom is 0.269 e. The fraction of sp³-hybridized carbons (Fsp3) is 0.588. The summed E-state index contributed by atoms with van der Waals surface area (Å²) in [7, 11) is 0. The van der Waals surface area contributed by atoms with Crippen molar-refractivity contribution in [2.75, 3.05) is 13.2 Å². The van der Waals surface area contributed by atoms with Crippen LogP contribution in [0.25, 0.3) is 0 Å². The van der Waals surface area contributed by atoms with Gasteiger partial charge in [-0.05, 0) is 26.2 Å². The summed E-state index contributed by atoms with van der Waals surface area (Å²) in [6.45, 7) is 5.55. The molecule has 1 atom stereocenters. The van der Waals surface area contributed by atoms with Gasteiger partial charge in [0.2, 0.25) is 5.88 Å². The third-order valence-electron chi connectivity index (χ3n) is 4.26. The third-order valence-corrected chi connectivity index (χ3v) is 4.26. The molecule has 0 unspecified atom stereocenters. The van der Waals surface area contributed by atoms with Crippen LogP contribution in [0.1, 0.15) is 53.7 Å². The zero-order valence-electron chi connectivity index (χ0n) is 14.6. The number of carbonyl (C=O) groups is 1. The molecule has 3 heterocycles. The highest BCUT2D eigenvalue weighted by Gasteiger charge is 2.20. The molecule has 8 heteroatoms. The van der Waals surface area contributed by atoms with Gasteiger partial charge in [-0.3, -0.25) is 9.89 Å². The minimum Gasteiger partial charge on any atom is -0.472 e. The molecule has 1 aliphatic rings. The van der Waals surface area contributed by atoms with E-state index in [0.717, 1.165) is 42.7 Å². The summed E-state index contributed by atoms with van der Waals surface area (Å²) < 4.78 is 16.2. The topological polar surface area (TPSA) is 102 Å². The van der Waals surface area contributed by atoms with Gasteiger partial charge >= 0.3 is 0 Å². The summed E-state index contributed by atoms with van der Waals surface area (Å²) >= 11 is 0. The van der Waals surface area contributed by atoms with Gasteiger partial charge in [-0.1, -0.05) is 18.5 Å². The van der Waals surface area contributed by atoms with Crippen molar-refractivity contribution in [3.05, 3.63) is 28.8 Å². The number of aromatic amines is 1. The van der Waals surface area contributed by atoms with Crippen LogP contribution in [0.5, 0.6) is 5.88 Å². The molecule has 1 saturated heterocycles. The number of rotatable bonds is 8. The summed E-state index contributed by atoms with van der Waals surface area (Å²) in [5.41, 5.74) is 2.25. The molecule has 1 amide bonds. The first kappa shape index (κ1) is 17.5. The summed E-state index contributed by atoms with van der Waals surface area (Å²) in [6, 6.07) is 1.65. The number of ether oxygens (including phenoxy) is 2. The van der Waals surface area contributed by atoms with Crippen LogP contribution in [0.2, 0.25) is 0 Å². The molecule has 1 aliphatic heterocycles. The molecule has 2 N–H and O–H groups in total. The van der Waals surface area contributed by atoms with Gasteiger partial charge in [-0.25, -0.2) is 0 Å². The zero-order valence-corrected chi connectivity index (χ0v) is 14.6. The Balaban J connectivity index is 1.56. The lowest BCUT2D eigenvalue weighted by Crippen LogP contribution is -2.35. The Bertz CT molecular complexity index is 703. The van der Waals surface area contributed by atoms with Crippen molar-refractivity contribution in [1.82, 2.24) is 20.7 Å². The van der Waals surface area contributed by atoms with E-state index in [1.165, 1.54) is 0 Å². The molecule has 2 aromatic rings.